The van der Waals surface area contributed by atoms with Gasteiger partial charge < -0.3 is 20.4 Å². The number of carboxylic acid groups (broad SMARTS) is 1. The van der Waals surface area contributed by atoms with E-state index in [-0.39, 0.29) is 18.9 Å². The second-order valence-electron chi connectivity index (χ2n) is 7.55. The van der Waals surface area contributed by atoms with Gasteiger partial charge >= 0.3 is 5.97 Å². The predicted molar refractivity (Wildman–Crippen MR) is 105 cm³/mol. The first kappa shape index (κ1) is 19.1. The van der Waals surface area contributed by atoms with Crippen LogP contribution in [0.4, 0.5) is 0 Å². The lowest BCUT2D eigenvalue weighted by Gasteiger charge is -2.27. The van der Waals surface area contributed by atoms with Gasteiger partial charge in [0.15, 0.2) is 0 Å². The fourth-order valence-electron chi connectivity index (χ4n) is 4.50. The molecule has 29 heavy (non-hydrogen) atoms. The molecule has 2 aliphatic rings. The Morgan fingerprint density at radius 1 is 1.03 bits per heavy atom. The zero-order valence-electron chi connectivity index (χ0n) is 15.9. The number of rotatable bonds is 4. The number of carboxylic acids is 1. The molecule has 0 radical (unpaired) electrons. The molecule has 2 aromatic carbocycles. The molecule has 3 N–H and O–H groups in total. The average Bonchev–Trinajstić information content (AvgIpc) is 3.24. The number of aliphatic hydroxyl groups excluding tert-OH is 1. The summed E-state index contributed by atoms with van der Waals surface area (Å²) in [6.45, 7) is 1.40. The maximum absolute atomic E-state index is 12.9. The molecule has 1 fully saturated rings. The van der Waals surface area contributed by atoms with Crippen molar-refractivity contribution < 1.29 is 24.6 Å². The number of nitrogens with zero attached hydrogens (tertiary/aromatic N) is 1. The Morgan fingerprint density at radius 3 is 2.10 bits per heavy atom. The van der Waals surface area contributed by atoms with Gasteiger partial charge in [-0.15, -0.1) is 0 Å². The Labute approximate surface area is 168 Å². The van der Waals surface area contributed by atoms with Crippen LogP contribution in [0.25, 0.3) is 11.1 Å². The zero-order chi connectivity index (χ0) is 20.7. The van der Waals surface area contributed by atoms with E-state index in [2.05, 4.69) is 5.32 Å². The third kappa shape index (κ3) is 3.27. The van der Waals surface area contributed by atoms with Gasteiger partial charge in [0.1, 0.15) is 12.1 Å². The summed E-state index contributed by atoms with van der Waals surface area (Å²) in [6.07, 6.45) is -0.707. The van der Waals surface area contributed by atoms with Gasteiger partial charge in [-0.1, -0.05) is 48.5 Å². The third-order valence-corrected chi connectivity index (χ3v) is 5.77. The fourth-order valence-corrected chi connectivity index (χ4v) is 4.50. The van der Waals surface area contributed by atoms with E-state index in [0.29, 0.717) is 0 Å². The molecule has 1 saturated heterocycles. The number of hydrogen-bond acceptors (Lipinski definition) is 4. The topological polar surface area (TPSA) is 107 Å². The zero-order valence-corrected chi connectivity index (χ0v) is 15.9. The van der Waals surface area contributed by atoms with E-state index in [0.717, 1.165) is 22.3 Å². The largest absolute Gasteiger partial charge is 0.480 e. The molecule has 1 aliphatic heterocycles. The van der Waals surface area contributed by atoms with Gasteiger partial charge in [0.2, 0.25) is 11.8 Å². The Kier molecular flexibility index (Phi) is 4.84. The van der Waals surface area contributed by atoms with Gasteiger partial charge in [0.25, 0.3) is 0 Å². The highest BCUT2D eigenvalue weighted by atomic mass is 16.4. The number of carbonyl (C=O) groups is 3. The van der Waals surface area contributed by atoms with Crippen molar-refractivity contribution in [3.05, 3.63) is 59.7 Å². The second kappa shape index (κ2) is 7.33. The van der Waals surface area contributed by atoms with E-state index in [1.807, 2.05) is 48.5 Å². The summed E-state index contributed by atoms with van der Waals surface area (Å²) in [5.41, 5.74) is 3.60. The number of benzene rings is 2. The highest BCUT2D eigenvalue weighted by Crippen LogP contribution is 2.46. The van der Waals surface area contributed by atoms with Crippen LogP contribution < -0.4 is 5.32 Å². The van der Waals surface area contributed by atoms with Crippen molar-refractivity contribution in [3.8, 4) is 11.1 Å². The summed E-state index contributed by atoms with van der Waals surface area (Å²) in [5.74, 6) is -2.58. The monoisotopic (exact) mass is 394 g/mol. The van der Waals surface area contributed by atoms with Crippen LogP contribution in [0.5, 0.6) is 0 Å². The maximum atomic E-state index is 12.9. The standard InChI is InChI=1S/C22H22N2O5/c1-12(25)24-11-13(26)10-18(24)21(27)23-20(22(28)29)19-16-8-4-2-6-14(16)15-7-3-5-9-17(15)19/h2-9,13,18-20,26H,10-11H2,1H3,(H,23,27)(H,28,29)/t13-,18+,20+/m1/s1. The van der Waals surface area contributed by atoms with Gasteiger partial charge in [0.05, 0.1) is 6.10 Å². The third-order valence-electron chi connectivity index (χ3n) is 5.77. The molecule has 7 nitrogen and oxygen atoms in total. The summed E-state index contributed by atoms with van der Waals surface area (Å²) in [6, 6.07) is 13.1. The first-order valence-corrected chi connectivity index (χ1v) is 9.55. The normalized spacial score (nSPS) is 21.4. The van der Waals surface area contributed by atoms with Crippen molar-refractivity contribution in [2.45, 2.75) is 37.5 Å². The Bertz CT molecular complexity index is 943. The molecular formula is C22H22N2O5. The van der Waals surface area contributed by atoms with Crippen molar-refractivity contribution in [2.75, 3.05) is 6.54 Å². The van der Waals surface area contributed by atoms with Crippen molar-refractivity contribution in [1.29, 1.82) is 0 Å². The van der Waals surface area contributed by atoms with Crippen LogP contribution in [0.15, 0.2) is 48.5 Å². The number of β-amino-alcohol motifs (C(OH)–C–C–N with tert-alkyl or cyclic N) is 1. The molecular weight excluding hydrogens is 372 g/mol. The van der Waals surface area contributed by atoms with E-state index in [9.17, 15) is 24.6 Å². The number of amides is 2. The second-order valence-corrected chi connectivity index (χ2v) is 7.55. The number of nitrogens with one attached hydrogen (secondary N) is 1. The van der Waals surface area contributed by atoms with Crippen LogP contribution >= 0.6 is 0 Å². The number of likely N-dealkylation sites (tertiary alicyclic amines) is 1. The van der Waals surface area contributed by atoms with Crippen LogP contribution in [0.3, 0.4) is 0 Å². The van der Waals surface area contributed by atoms with Crippen LogP contribution in [0, 0.1) is 0 Å². The van der Waals surface area contributed by atoms with Crippen LogP contribution in [-0.4, -0.2) is 57.6 Å². The minimum atomic E-state index is -1.20. The quantitative estimate of drug-likeness (QED) is 0.726. The van der Waals surface area contributed by atoms with E-state index < -0.39 is 36.0 Å². The minimum absolute atomic E-state index is 0.0697. The lowest BCUT2D eigenvalue weighted by molar-refractivity contribution is -0.143. The van der Waals surface area contributed by atoms with Gasteiger partial charge in [-0.05, 0) is 22.3 Å². The summed E-state index contributed by atoms with van der Waals surface area (Å²) >= 11 is 0. The fraction of sp³-hybridized carbons (Fsp3) is 0.318. The molecule has 0 aromatic heterocycles. The van der Waals surface area contributed by atoms with E-state index in [1.165, 1.54) is 11.8 Å². The predicted octanol–water partition coefficient (Wildman–Crippen LogP) is 1.35. The van der Waals surface area contributed by atoms with Crippen LogP contribution in [0.1, 0.15) is 30.4 Å². The number of hydrogen-bond donors (Lipinski definition) is 3. The average molecular weight is 394 g/mol. The molecule has 1 aliphatic carbocycles. The smallest absolute Gasteiger partial charge is 0.327 e. The summed E-state index contributed by atoms with van der Waals surface area (Å²) < 4.78 is 0. The molecule has 4 rings (SSSR count). The molecule has 0 spiro atoms. The number of aliphatic carboxylic acids is 1. The van der Waals surface area contributed by atoms with Crippen LogP contribution in [-0.2, 0) is 14.4 Å². The van der Waals surface area contributed by atoms with E-state index >= 15 is 0 Å². The van der Waals surface area contributed by atoms with Gasteiger partial charge in [-0.3, -0.25) is 9.59 Å². The van der Waals surface area contributed by atoms with Crippen molar-refractivity contribution >= 4 is 17.8 Å². The molecule has 7 heteroatoms. The lowest BCUT2D eigenvalue weighted by Crippen LogP contribution is -2.52. The highest BCUT2D eigenvalue weighted by molar-refractivity contribution is 5.92. The van der Waals surface area contributed by atoms with Crippen molar-refractivity contribution in [1.82, 2.24) is 10.2 Å². The molecule has 2 amide bonds. The molecule has 1 heterocycles. The van der Waals surface area contributed by atoms with Gasteiger partial charge in [0, 0.05) is 25.8 Å². The summed E-state index contributed by atoms with van der Waals surface area (Å²) in [7, 11) is 0. The molecule has 0 bridgehead atoms. The Balaban J connectivity index is 1.68. The maximum Gasteiger partial charge on any atom is 0.327 e. The van der Waals surface area contributed by atoms with Crippen molar-refractivity contribution in [3.63, 3.8) is 0 Å². The van der Waals surface area contributed by atoms with E-state index in [4.69, 9.17) is 0 Å². The lowest BCUT2D eigenvalue weighted by atomic mass is 9.89. The summed E-state index contributed by atoms with van der Waals surface area (Å²) in [4.78, 5) is 38.2. The Morgan fingerprint density at radius 2 is 1.59 bits per heavy atom. The van der Waals surface area contributed by atoms with Crippen molar-refractivity contribution in [2.24, 2.45) is 0 Å². The number of aliphatic hydroxyl groups is 1. The first-order chi connectivity index (χ1) is 13.9. The van der Waals surface area contributed by atoms with E-state index in [1.54, 1.807) is 0 Å². The number of carbonyl (C=O) groups excluding carboxylic acids is 2. The minimum Gasteiger partial charge on any atom is -0.480 e. The summed E-state index contributed by atoms with van der Waals surface area (Å²) in [5, 5.41) is 22.5. The van der Waals surface area contributed by atoms with Crippen LogP contribution in [0.2, 0.25) is 0 Å². The Hall–Kier alpha value is -3.19. The molecule has 0 unspecified atom stereocenters. The molecule has 2 aromatic rings. The first-order valence-electron chi connectivity index (χ1n) is 9.55. The SMILES string of the molecule is CC(=O)N1C[C@H](O)C[C@H]1C(=O)N[C@H](C(=O)O)C1c2ccccc2-c2ccccc21. The molecule has 0 saturated carbocycles. The molecule has 3 atom stereocenters. The molecule has 150 valence electrons. The number of fused-ring (bicyclic) bond motifs is 3. The van der Waals surface area contributed by atoms with Gasteiger partial charge in [-0.2, -0.15) is 0 Å². The highest BCUT2D eigenvalue weighted by Gasteiger charge is 2.43. The van der Waals surface area contributed by atoms with Gasteiger partial charge in [-0.25, -0.2) is 4.79 Å².